The predicted molar refractivity (Wildman–Crippen MR) is 94.7 cm³/mol. The molecule has 25 heavy (non-hydrogen) atoms. The van der Waals surface area contributed by atoms with Crippen molar-refractivity contribution in [3.05, 3.63) is 29.8 Å². The normalized spacial score (nSPS) is 14.0. The molecule has 0 aliphatic carbocycles. The summed E-state index contributed by atoms with van der Waals surface area (Å²) in [5.41, 5.74) is 0.173. The molecule has 0 aliphatic heterocycles. The van der Waals surface area contributed by atoms with Crippen molar-refractivity contribution in [3.63, 3.8) is 0 Å². The van der Waals surface area contributed by atoms with Crippen molar-refractivity contribution >= 4 is 21.9 Å². The van der Waals surface area contributed by atoms with E-state index in [4.69, 9.17) is 4.74 Å². The molecule has 1 rings (SSSR count). The Hall–Kier alpha value is -1.93. The first kappa shape index (κ1) is 21.1. The van der Waals surface area contributed by atoms with Crippen LogP contribution in [0.4, 0.5) is 0 Å². The lowest BCUT2D eigenvalue weighted by molar-refractivity contribution is -0.129. The highest BCUT2D eigenvalue weighted by atomic mass is 32.2. The average molecular weight is 370 g/mol. The highest BCUT2D eigenvalue weighted by Crippen LogP contribution is 2.13. The lowest BCUT2D eigenvalue weighted by Gasteiger charge is -2.15. The first-order valence-electron chi connectivity index (χ1n) is 8.20. The Morgan fingerprint density at radius 2 is 1.64 bits per heavy atom. The Kier molecular flexibility index (Phi) is 7.57. The molecule has 0 radical (unpaired) electrons. The predicted octanol–water partition coefficient (Wildman–Crippen LogP) is 1.83. The van der Waals surface area contributed by atoms with Gasteiger partial charge in [-0.15, -0.1) is 0 Å². The third-order valence-corrected chi connectivity index (χ3v) is 5.06. The Morgan fingerprint density at radius 1 is 1.08 bits per heavy atom. The minimum atomic E-state index is -3.63. The van der Waals surface area contributed by atoms with Gasteiger partial charge in [0, 0.05) is 12.1 Å². The van der Waals surface area contributed by atoms with Gasteiger partial charge in [0.15, 0.2) is 6.10 Å². The fourth-order valence-corrected chi connectivity index (χ4v) is 3.20. The molecule has 1 aromatic carbocycles. The first-order chi connectivity index (χ1) is 11.6. The molecule has 8 heteroatoms. The van der Waals surface area contributed by atoms with Crippen molar-refractivity contribution < 1.29 is 22.7 Å². The van der Waals surface area contributed by atoms with Crippen LogP contribution in [0.5, 0.6) is 0 Å². The van der Waals surface area contributed by atoms with Crippen LogP contribution >= 0.6 is 0 Å². The van der Waals surface area contributed by atoms with E-state index >= 15 is 0 Å². The van der Waals surface area contributed by atoms with E-state index < -0.39 is 22.1 Å². The molecule has 0 saturated carbocycles. The molecule has 1 amide bonds. The number of amides is 1. The fraction of sp³-hybridized carbons (Fsp3) is 0.529. The number of esters is 1. The highest BCUT2D eigenvalue weighted by Gasteiger charge is 2.21. The molecule has 7 nitrogen and oxygen atoms in total. The zero-order chi connectivity index (χ0) is 19.2. The maximum atomic E-state index is 12.2. The van der Waals surface area contributed by atoms with Gasteiger partial charge < -0.3 is 10.1 Å². The SMILES string of the molecule is CC[C@H](C)NS(=O)(=O)c1ccc(C(=O)O[C@@H](C)C(=O)NC(C)C)cc1. The van der Waals surface area contributed by atoms with Gasteiger partial charge >= 0.3 is 5.97 Å². The van der Waals surface area contributed by atoms with Gasteiger partial charge in [-0.2, -0.15) is 0 Å². The van der Waals surface area contributed by atoms with Gasteiger partial charge in [-0.3, -0.25) is 4.79 Å². The number of carbonyl (C=O) groups excluding carboxylic acids is 2. The van der Waals surface area contributed by atoms with Crippen molar-refractivity contribution in [2.24, 2.45) is 0 Å². The summed E-state index contributed by atoms with van der Waals surface area (Å²) in [6.07, 6.45) is -0.273. The summed E-state index contributed by atoms with van der Waals surface area (Å²) in [5.74, 6) is -1.08. The maximum absolute atomic E-state index is 12.2. The molecular formula is C17H26N2O5S. The summed E-state index contributed by atoms with van der Waals surface area (Å²) in [5, 5.41) is 2.65. The molecular weight excluding hydrogens is 344 g/mol. The van der Waals surface area contributed by atoms with Crippen LogP contribution < -0.4 is 10.0 Å². The number of carbonyl (C=O) groups is 2. The molecule has 2 atom stereocenters. The van der Waals surface area contributed by atoms with Crippen LogP contribution in [0.25, 0.3) is 0 Å². The number of rotatable bonds is 8. The summed E-state index contributed by atoms with van der Waals surface area (Å²) >= 11 is 0. The molecule has 0 heterocycles. The number of nitrogens with one attached hydrogen (secondary N) is 2. The van der Waals surface area contributed by atoms with Crippen LogP contribution in [-0.4, -0.2) is 38.5 Å². The molecule has 0 unspecified atom stereocenters. The molecule has 0 saturated heterocycles. The van der Waals surface area contributed by atoms with Crippen LogP contribution in [0.2, 0.25) is 0 Å². The summed E-state index contributed by atoms with van der Waals surface area (Å²) in [7, 11) is -3.63. The Bertz CT molecular complexity index is 698. The monoisotopic (exact) mass is 370 g/mol. The Balaban J connectivity index is 2.79. The molecule has 140 valence electrons. The van der Waals surface area contributed by atoms with Gasteiger partial charge in [-0.05, 0) is 58.4 Å². The quantitative estimate of drug-likeness (QED) is 0.680. The van der Waals surface area contributed by atoms with E-state index in [1.807, 2.05) is 6.92 Å². The van der Waals surface area contributed by atoms with Crippen molar-refractivity contribution in [2.75, 3.05) is 0 Å². The van der Waals surface area contributed by atoms with E-state index in [1.165, 1.54) is 31.2 Å². The second kappa shape index (κ2) is 8.96. The van der Waals surface area contributed by atoms with Gasteiger partial charge in [0.2, 0.25) is 10.0 Å². The molecule has 2 N–H and O–H groups in total. The van der Waals surface area contributed by atoms with Gasteiger partial charge in [0.05, 0.1) is 10.5 Å². The molecule has 0 aromatic heterocycles. The number of sulfonamides is 1. The summed E-state index contributed by atoms with van der Waals surface area (Å²) < 4.78 is 32.0. The Morgan fingerprint density at radius 3 is 2.12 bits per heavy atom. The lowest BCUT2D eigenvalue weighted by atomic mass is 10.2. The van der Waals surface area contributed by atoms with Crippen LogP contribution in [0.15, 0.2) is 29.2 Å². The van der Waals surface area contributed by atoms with Crippen LogP contribution in [0.3, 0.4) is 0 Å². The van der Waals surface area contributed by atoms with Crippen molar-refractivity contribution in [3.8, 4) is 0 Å². The highest BCUT2D eigenvalue weighted by molar-refractivity contribution is 7.89. The van der Waals surface area contributed by atoms with Crippen LogP contribution in [0, 0.1) is 0 Å². The lowest BCUT2D eigenvalue weighted by Crippen LogP contribution is -2.39. The van der Waals surface area contributed by atoms with Crippen LogP contribution in [0.1, 0.15) is 51.4 Å². The molecule has 0 bridgehead atoms. The van der Waals surface area contributed by atoms with E-state index in [-0.39, 0.29) is 28.4 Å². The molecule has 0 aliphatic rings. The summed E-state index contributed by atoms with van der Waals surface area (Å²) in [4.78, 5) is 23.9. The smallest absolute Gasteiger partial charge is 0.338 e. The van der Waals surface area contributed by atoms with E-state index in [9.17, 15) is 18.0 Å². The Labute approximate surface area is 149 Å². The molecule has 0 fully saturated rings. The largest absolute Gasteiger partial charge is 0.449 e. The first-order valence-corrected chi connectivity index (χ1v) is 9.68. The van der Waals surface area contributed by atoms with E-state index in [2.05, 4.69) is 10.0 Å². The van der Waals surface area contributed by atoms with Crippen molar-refractivity contribution in [2.45, 2.75) is 64.1 Å². The minimum absolute atomic E-state index is 0.0591. The molecule has 0 spiro atoms. The van der Waals surface area contributed by atoms with Gasteiger partial charge in [0.1, 0.15) is 0 Å². The third kappa shape index (κ3) is 6.47. The van der Waals surface area contributed by atoms with Crippen molar-refractivity contribution in [1.29, 1.82) is 0 Å². The van der Waals surface area contributed by atoms with E-state index in [0.717, 1.165) is 0 Å². The zero-order valence-electron chi connectivity index (χ0n) is 15.2. The third-order valence-electron chi connectivity index (χ3n) is 3.45. The molecule has 1 aromatic rings. The van der Waals surface area contributed by atoms with Crippen molar-refractivity contribution in [1.82, 2.24) is 10.0 Å². The maximum Gasteiger partial charge on any atom is 0.338 e. The van der Waals surface area contributed by atoms with E-state index in [1.54, 1.807) is 20.8 Å². The topological polar surface area (TPSA) is 102 Å². The second-order valence-corrected chi connectivity index (χ2v) is 7.88. The summed E-state index contributed by atoms with van der Waals surface area (Å²) in [6, 6.07) is 5.15. The van der Waals surface area contributed by atoms with Crippen LogP contribution in [-0.2, 0) is 19.6 Å². The zero-order valence-corrected chi connectivity index (χ0v) is 16.0. The van der Waals surface area contributed by atoms with Gasteiger partial charge in [0.25, 0.3) is 5.91 Å². The van der Waals surface area contributed by atoms with E-state index in [0.29, 0.717) is 6.42 Å². The number of ether oxygens (including phenoxy) is 1. The van der Waals surface area contributed by atoms with Gasteiger partial charge in [-0.25, -0.2) is 17.9 Å². The average Bonchev–Trinajstić information content (AvgIpc) is 2.53. The minimum Gasteiger partial charge on any atom is -0.449 e. The summed E-state index contributed by atoms with van der Waals surface area (Å²) in [6.45, 7) is 8.73. The number of hydrogen-bond donors (Lipinski definition) is 2. The second-order valence-electron chi connectivity index (χ2n) is 6.17. The standard InChI is InChI=1S/C17H26N2O5S/c1-6-12(4)19-25(22,23)15-9-7-14(8-10-15)17(21)24-13(5)16(20)18-11(2)3/h7-13,19H,6H2,1-5H3,(H,18,20)/t12-,13-/m0/s1. The number of hydrogen-bond acceptors (Lipinski definition) is 5. The fourth-order valence-electron chi connectivity index (χ4n) is 1.87. The number of benzene rings is 1. The van der Waals surface area contributed by atoms with Gasteiger partial charge in [-0.1, -0.05) is 6.92 Å².